The molecular formula is C13H14ClNO. The molecule has 0 bridgehead atoms. The molecule has 3 rings (SSSR count). The normalized spacial score (nSPS) is 22.1. The Balaban J connectivity index is 2.19. The van der Waals surface area contributed by atoms with E-state index >= 15 is 0 Å². The minimum Gasteiger partial charge on any atom is -0.312 e. The summed E-state index contributed by atoms with van der Waals surface area (Å²) >= 11 is 6.23. The lowest BCUT2D eigenvalue weighted by atomic mass is 9.84. The Bertz CT molecular complexity index is 469. The first-order valence-corrected chi connectivity index (χ1v) is 6.15. The van der Waals surface area contributed by atoms with Gasteiger partial charge in [-0.25, -0.2) is 0 Å². The van der Waals surface area contributed by atoms with Crippen molar-refractivity contribution in [3.63, 3.8) is 0 Å². The number of nitrogens with zero attached hydrogens (tertiary/aromatic N) is 1. The maximum atomic E-state index is 11.6. The largest absolute Gasteiger partial charge is 0.312 e. The van der Waals surface area contributed by atoms with Crippen LogP contribution in [0.4, 0.5) is 5.69 Å². The molecule has 0 aromatic heterocycles. The van der Waals surface area contributed by atoms with Crippen LogP contribution in [0.3, 0.4) is 0 Å². The number of anilines is 1. The Morgan fingerprint density at radius 1 is 1.50 bits per heavy atom. The molecule has 1 aliphatic heterocycles. The van der Waals surface area contributed by atoms with Gasteiger partial charge in [-0.15, -0.1) is 0 Å². The molecule has 1 heterocycles. The smallest absolute Gasteiger partial charge is 0.223 e. The van der Waals surface area contributed by atoms with E-state index in [0.717, 1.165) is 23.7 Å². The molecule has 1 aliphatic carbocycles. The minimum atomic E-state index is 0.138. The second kappa shape index (κ2) is 3.49. The highest BCUT2D eigenvalue weighted by atomic mass is 35.5. The third kappa shape index (κ3) is 1.29. The fraction of sp³-hybridized carbons (Fsp3) is 0.462. The summed E-state index contributed by atoms with van der Waals surface area (Å²) in [5.41, 5.74) is 3.71. The van der Waals surface area contributed by atoms with Crippen LogP contribution in [0.2, 0.25) is 5.02 Å². The van der Waals surface area contributed by atoms with Crippen molar-refractivity contribution >= 4 is 23.2 Å². The molecule has 2 nitrogen and oxygen atoms in total. The number of carbonyl (C=O) groups is 1. The highest BCUT2D eigenvalue weighted by molar-refractivity contribution is 6.31. The third-order valence-electron chi connectivity index (χ3n) is 3.74. The third-order valence-corrected chi connectivity index (χ3v) is 4.09. The second-order valence-corrected chi connectivity index (χ2v) is 5.08. The number of carbonyl (C=O) groups excluding carboxylic acids is 1. The molecule has 0 spiro atoms. The van der Waals surface area contributed by atoms with Crippen LogP contribution in [-0.4, -0.2) is 12.5 Å². The highest BCUT2D eigenvalue weighted by Gasteiger charge is 2.35. The van der Waals surface area contributed by atoms with Gasteiger partial charge in [0.15, 0.2) is 0 Å². The molecule has 0 saturated heterocycles. The summed E-state index contributed by atoms with van der Waals surface area (Å²) in [5.74, 6) is 0.653. The number of halogens is 1. The van der Waals surface area contributed by atoms with Crippen molar-refractivity contribution in [2.75, 3.05) is 11.4 Å². The fourth-order valence-electron chi connectivity index (χ4n) is 3.04. The van der Waals surface area contributed by atoms with Gasteiger partial charge in [0.05, 0.1) is 0 Å². The maximum Gasteiger partial charge on any atom is 0.223 e. The number of benzene rings is 1. The van der Waals surface area contributed by atoms with Crippen LogP contribution < -0.4 is 4.90 Å². The summed E-state index contributed by atoms with van der Waals surface area (Å²) in [6.45, 7) is 2.48. The monoisotopic (exact) mass is 235 g/mol. The average molecular weight is 236 g/mol. The summed E-state index contributed by atoms with van der Waals surface area (Å²) in [7, 11) is 0. The first kappa shape index (κ1) is 10.2. The summed E-state index contributed by atoms with van der Waals surface area (Å²) in [6, 6.07) is 3.92. The first-order chi connectivity index (χ1) is 7.68. The molecule has 1 aromatic rings. The van der Waals surface area contributed by atoms with Gasteiger partial charge >= 0.3 is 0 Å². The van der Waals surface area contributed by atoms with Gasteiger partial charge in [-0.2, -0.15) is 0 Å². The Hall–Kier alpha value is -1.02. The van der Waals surface area contributed by atoms with Gasteiger partial charge in [0.2, 0.25) is 5.91 Å². The number of amides is 1. The van der Waals surface area contributed by atoms with Gasteiger partial charge in [-0.1, -0.05) is 11.6 Å². The van der Waals surface area contributed by atoms with E-state index in [9.17, 15) is 4.79 Å². The highest BCUT2D eigenvalue weighted by Crippen LogP contribution is 2.46. The molecule has 2 aliphatic rings. The number of hydrogen-bond donors (Lipinski definition) is 0. The van der Waals surface area contributed by atoms with Gasteiger partial charge in [0.1, 0.15) is 0 Å². The van der Waals surface area contributed by atoms with Gasteiger partial charge in [0.25, 0.3) is 0 Å². The van der Waals surface area contributed by atoms with Crippen LogP contribution in [-0.2, 0) is 11.2 Å². The number of rotatable bonds is 0. The molecular weight excluding hydrogens is 222 g/mol. The molecule has 16 heavy (non-hydrogen) atoms. The molecule has 1 amide bonds. The molecule has 0 fully saturated rings. The Kier molecular flexibility index (Phi) is 2.21. The Morgan fingerprint density at radius 3 is 3.06 bits per heavy atom. The van der Waals surface area contributed by atoms with Crippen LogP contribution in [0.15, 0.2) is 12.1 Å². The summed E-state index contributed by atoms with van der Waals surface area (Å²) in [5, 5.41) is 0.869. The second-order valence-electron chi connectivity index (χ2n) is 4.68. The van der Waals surface area contributed by atoms with E-state index in [-0.39, 0.29) is 5.91 Å². The van der Waals surface area contributed by atoms with Gasteiger partial charge in [-0.05, 0) is 42.5 Å². The molecule has 0 N–H and O–H groups in total. The summed E-state index contributed by atoms with van der Waals surface area (Å²) in [4.78, 5) is 13.5. The first-order valence-electron chi connectivity index (χ1n) is 5.78. The lowest BCUT2D eigenvalue weighted by Crippen LogP contribution is -2.26. The molecule has 1 aromatic carbocycles. The maximum absolute atomic E-state index is 11.6. The quantitative estimate of drug-likeness (QED) is 0.677. The van der Waals surface area contributed by atoms with Gasteiger partial charge < -0.3 is 4.90 Å². The van der Waals surface area contributed by atoms with Gasteiger partial charge in [0, 0.05) is 30.1 Å². The van der Waals surface area contributed by atoms with E-state index < -0.39 is 0 Å². The lowest BCUT2D eigenvalue weighted by Gasteiger charge is -2.21. The van der Waals surface area contributed by atoms with Crippen molar-refractivity contribution < 1.29 is 4.79 Å². The Morgan fingerprint density at radius 2 is 2.31 bits per heavy atom. The lowest BCUT2D eigenvalue weighted by molar-refractivity contribution is -0.116. The van der Waals surface area contributed by atoms with E-state index in [2.05, 4.69) is 0 Å². The van der Waals surface area contributed by atoms with E-state index in [1.807, 2.05) is 17.0 Å². The topological polar surface area (TPSA) is 20.3 Å². The van der Waals surface area contributed by atoms with Crippen LogP contribution in [0, 0.1) is 0 Å². The minimum absolute atomic E-state index is 0.138. The molecule has 0 saturated carbocycles. The average Bonchev–Trinajstić information content (AvgIpc) is 2.64. The van der Waals surface area contributed by atoms with Crippen LogP contribution in [0.25, 0.3) is 0 Å². The predicted octanol–water partition coefficient (Wildman–Crippen LogP) is 3.13. The van der Waals surface area contributed by atoms with Crippen LogP contribution in [0.5, 0.6) is 0 Å². The van der Waals surface area contributed by atoms with Crippen molar-refractivity contribution in [1.29, 1.82) is 0 Å². The molecule has 3 heteroatoms. The van der Waals surface area contributed by atoms with E-state index in [1.165, 1.54) is 24.0 Å². The standard InChI is InChI=1S/C13H14ClNO/c1-8(16)15-7-9-3-2-4-10-11(14)5-6-12(15)13(9)10/h5-6,9H,2-4,7H2,1H3. The number of hydrogen-bond acceptors (Lipinski definition) is 1. The van der Waals surface area contributed by atoms with Crippen molar-refractivity contribution in [3.05, 3.63) is 28.3 Å². The zero-order valence-corrected chi connectivity index (χ0v) is 10.0. The zero-order chi connectivity index (χ0) is 11.3. The van der Waals surface area contributed by atoms with Crippen molar-refractivity contribution in [2.45, 2.75) is 32.1 Å². The van der Waals surface area contributed by atoms with Crippen molar-refractivity contribution in [2.24, 2.45) is 0 Å². The zero-order valence-electron chi connectivity index (χ0n) is 9.29. The van der Waals surface area contributed by atoms with Crippen molar-refractivity contribution in [1.82, 2.24) is 0 Å². The van der Waals surface area contributed by atoms with Gasteiger partial charge in [-0.3, -0.25) is 4.79 Å². The van der Waals surface area contributed by atoms with Crippen LogP contribution >= 0.6 is 11.6 Å². The molecule has 1 atom stereocenters. The Labute approximate surface area is 100 Å². The van der Waals surface area contributed by atoms with Crippen LogP contribution in [0.1, 0.15) is 36.8 Å². The molecule has 0 radical (unpaired) electrons. The summed E-state index contributed by atoms with van der Waals surface area (Å²) < 4.78 is 0. The van der Waals surface area contributed by atoms with E-state index in [4.69, 9.17) is 11.6 Å². The molecule has 1 unspecified atom stereocenters. The van der Waals surface area contributed by atoms with Crippen molar-refractivity contribution in [3.8, 4) is 0 Å². The van der Waals surface area contributed by atoms with E-state index in [0.29, 0.717) is 5.92 Å². The summed E-state index contributed by atoms with van der Waals surface area (Å²) in [6.07, 6.45) is 3.43. The molecule has 84 valence electrons. The predicted molar refractivity (Wildman–Crippen MR) is 65.2 cm³/mol. The SMILES string of the molecule is CC(=O)N1CC2CCCc3c(Cl)ccc1c32. The fourth-order valence-corrected chi connectivity index (χ4v) is 3.30. The van der Waals surface area contributed by atoms with E-state index in [1.54, 1.807) is 6.92 Å².